The SMILES string of the molecule is CCN(CC(=O)NCc1ccc(F)cc1)Cc1cccc(F)c1F. The number of nitrogens with one attached hydrogen (secondary N) is 1. The van der Waals surface area contributed by atoms with E-state index in [9.17, 15) is 18.0 Å². The molecule has 3 nitrogen and oxygen atoms in total. The van der Waals surface area contributed by atoms with Gasteiger partial charge in [0, 0.05) is 18.7 Å². The van der Waals surface area contributed by atoms with Gasteiger partial charge in [-0.05, 0) is 30.3 Å². The fourth-order valence-corrected chi connectivity index (χ4v) is 2.25. The van der Waals surface area contributed by atoms with Gasteiger partial charge in [0.1, 0.15) is 5.82 Å². The molecule has 0 bridgehead atoms. The van der Waals surface area contributed by atoms with Gasteiger partial charge in [-0.3, -0.25) is 9.69 Å². The van der Waals surface area contributed by atoms with Crippen LogP contribution >= 0.6 is 0 Å². The van der Waals surface area contributed by atoms with E-state index in [-0.39, 0.29) is 36.9 Å². The first-order valence-electron chi connectivity index (χ1n) is 7.66. The number of carbonyl (C=O) groups is 1. The molecule has 0 spiro atoms. The van der Waals surface area contributed by atoms with Gasteiger partial charge in [0.15, 0.2) is 11.6 Å². The van der Waals surface area contributed by atoms with Gasteiger partial charge in [-0.15, -0.1) is 0 Å². The lowest BCUT2D eigenvalue weighted by atomic mass is 10.2. The van der Waals surface area contributed by atoms with Gasteiger partial charge >= 0.3 is 0 Å². The third-order valence-electron chi connectivity index (χ3n) is 3.64. The highest BCUT2D eigenvalue weighted by Gasteiger charge is 2.14. The second-order valence-electron chi connectivity index (χ2n) is 5.42. The van der Waals surface area contributed by atoms with Crippen LogP contribution in [0.1, 0.15) is 18.1 Å². The minimum Gasteiger partial charge on any atom is -0.351 e. The van der Waals surface area contributed by atoms with Crippen molar-refractivity contribution in [1.29, 1.82) is 0 Å². The number of likely N-dealkylation sites (N-methyl/N-ethyl adjacent to an activating group) is 1. The maximum absolute atomic E-state index is 13.7. The fourth-order valence-electron chi connectivity index (χ4n) is 2.25. The van der Waals surface area contributed by atoms with Gasteiger partial charge in [-0.25, -0.2) is 13.2 Å². The minimum absolute atomic E-state index is 0.0631. The molecule has 0 heterocycles. The molecule has 0 aliphatic rings. The zero-order chi connectivity index (χ0) is 17.5. The van der Waals surface area contributed by atoms with Crippen molar-refractivity contribution < 1.29 is 18.0 Å². The normalized spacial score (nSPS) is 10.9. The van der Waals surface area contributed by atoms with Crippen LogP contribution in [0.4, 0.5) is 13.2 Å². The molecule has 0 aromatic heterocycles. The zero-order valence-corrected chi connectivity index (χ0v) is 13.4. The van der Waals surface area contributed by atoms with Crippen molar-refractivity contribution in [2.24, 2.45) is 0 Å². The lowest BCUT2D eigenvalue weighted by Gasteiger charge is -2.20. The number of carbonyl (C=O) groups excluding carboxylic acids is 1. The Morgan fingerprint density at radius 3 is 2.46 bits per heavy atom. The molecule has 0 saturated carbocycles. The predicted molar refractivity (Wildman–Crippen MR) is 85.6 cm³/mol. The molecule has 0 aliphatic carbocycles. The molecule has 1 N–H and O–H groups in total. The van der Waals surface area contributed by atoms with Gasteiger partial charge in [0.2, 0.25) is 5.91 Å². The first-order valence-corrected chi connectivity index (χ1v) is 7.66. The van der Waals surface area contributed by atoms with Gasteiger partial charge in [-0.1, -0.05) is 31.2 Å². The van der Waals surface area contributed by atoms with Crippen LogP contribution in [0.15, 0.2) is 42.5 Å². The average Bonchev–Trinajstić information content (AvgIpc) is 2.57. The van der Waals surface area contributed by atoms with E-state index < -0.39 is 11.6 Å². The van der Waals surface area contributed by atoms with Crippen molar-refractivity contribution in [3.8, 4) is 0 Å². The van der Waals surface area contributed by atoms with E-state index in [2.05, 4.69) is 5.32 Å². The van der Waals surface area contributed by atoms with E-state index in [1.165, 1.54) is 24.3 Å². The summed E-state index contributed by atoms with van der Waals surface area (Å²) in [5, 5.41) is 2.72. The Balaban J connectivity index is 1.88. The van der Waals surface area contributed by atoms with Crippen LogP contribution < -0.4 is 5.32 Å². The fraction of sp³-hybridized carbons (Fsp3) is 0.278. The summed E-state index contributed by atoms with van der Waals surface area (Å²) in [5.41, 5.74) is 0.993. The Bertz CT molecular complexity index is 689. The number of halogens is 3. The Morgan fingerprint density at radius 2 is 1.79 bits per heavy atom. The summed E-state index contributed by atoms with van der Waals surface area (Å²) in [6.07, 6.45) is 0. The molecule has 0 atom stereocenters. The minimum atomic E-state index is -0.899. The van der Waals surface area contributed by atoms with Crippen LogP contribution in [0.5, 0.6) is 0 Å². The van der Waals surface area contributed by atoms with Gasteiger partial charge < -0.3 is 5.32 Å². The second-order valence-corrected chi connectivity index (χ2v) is 5.42. The molecular weight excluding hydrogens is 317 g/mol. The standard InChI is InChI=1S/C18H19F3N2O/c1-2-23(11-14-4-3-5-16(20)18(14)21)12-17(24)22-10-13-6-8-15(19)9-7-13/h3-9H,2,10-12H2,1H3,(H,22,24). The molecule has 6 heteroatoms. The Kier molecular flexibility index (Phi) is 6.37. The molecule has 0 unspecified atom stereocenters. The number of rotatable bonds is 7. The van der Waals surface area contributed by atoms with Crippen LogP contribution in [-0.2, 0) is 17.9 Å². The molecule has 0 radical (unpaired) electrons. The third-order valence-corrected chi connectivity index (χ3v) is 3.64. The van der Waals surface area contributed by atoms with Gasteiger partial charge in [0.25, 0.3) is 0 Å². The van der Waals surface area contributed by atoms with Crippen LogP contribution in [0.25, 0.3) is 0 Å². The molecule has 2 aromatic rings. The Hall–Kier alpha value is -2.34. The molecule has 1 amide bonds. The van der Waals surface area contributed by atoms with E-state index in [1.807, 2.05) is 6.92 Å². The third kappa shape index (κ3) is 5.09. The summed E-state index contributed by atoms with van der Waals surface area (Å²) in [4.78, 5) is 13.7. The smallest absolute Gasteiger partial charge is 0.234 e. The molecule has 2 rings (SSSR count). The Morgan fingerprint density at radius 1 is 1.08 bits per heavy atom. The highest BCUT2D eigenvalue weighted by molar-refractivity contribution is 5.78. The first-order chi connectivity index (χ1) is 11.5. The molecule has 2 aromatic carbocycles. The lowest BCUT2D eigenvalue weighted by Crippen LogP contribution is -2.36. The summed E-state index contributed by atoms with van der Waals surface area (Å²) < 4.78 is 39.8. The average molecular weight is 336 g/mol. The lowest BCUT2D eigenvalue weighted by molar-refractivity contribution is -0.122. The summed E-state index contributed by atoms with van der Waals surface area (Å²) >= 11 is 0. The maximum atomic E-state index is 13.7. The highest BCUT2D eigenvalue weighted by Crippen LogP contribution is 2.13. The first kappa shape index (κ1) is 18.0. The van der Waals surface area contributed by atoms with Crippen LogP contribution in [0.3, 0.4) is 0 Å². The number of benzene rings is 2. The largest absolute Gasteiger partial charge is 0.351 e. The van der Waals surface area contributed by atoms with Crippen molar-refractivity contribution >= 4 is 5.91 Å². The molecule has 0 fully saturated rings. The molecule has 24 heavy (non-hydrogen) atoms. The van der Waals surface area contributed by atoms with Crippen LogP contribution in [0.2, 0.25) is 0 Å². The van der Waals surface area contributed by atoms with Crippen molar-refractivity contribution in [3.63, 3.8) is 0 Å². The topological polar surface area (TPSA) is 32.3 Å². The van der Waals surface area contributed by atoms with Crippen molar-refractivity contribution in [3.05, 3.63) is 71.0 Å². The van der Waals surface area contributed by atoms with Crippen LogP contribution in [-0.4, -0.2) is 23.9 Å². The van der Waals surface area contributed by atoms with Gasteiger partial charge in [0.05, 0.1) is 6.54 Å². The van der Waals surface area contributed by atoms with E-state index in [0.29, 0.717) is 6.54 Å². The maximum Gasteiger partial charge on any atom is 0.234 e. The van der Waals surface area contributed by atoms with E-state index in [0.717, 1.165) is 11.6 Å². The molecule has 0 aliphatic heterocycles. The van der Waals surface area contributed by atoms with Crippen LogP contribution in [0, 0.1) is 17.5 Å². The monoisotopic (exact) mass is 336 g/mol. The van der Waals surface area contributed by atoms with E-state index in [1.54, 1.807) is 17.0 Å². The van der Waals surface area contributed by atoms with Crippen molar-refractivity contribution in [2.75, 3.05) is 13.1 Å². The molecule has 0 saturated heterocycles. The highest BCUT2D eigenvalue weighted by atomic mass is 19.2. The zero-order valence-electron chi connectivity index (χ0n) is 13.4. The predicted octanol–water partition coefficient (Wildman–Crippen LogP) is 3.24. The number of hydrogen-bond acceptors (Lipinski definition) is 2. The van der Waals surface area contributed by atoms with E-state index >= 15 is 0 Å². The Labute approximate surface area is 139 Å². The number of amides is 1. The van der Waals surface area contributed by atoms with Crippen molar-refractivity contribution in [2.45, 2.75) is 20.0 Å². The molecular formula is C18H19F3N2O. The van der Waals surface area contributed by atoms with E-state index in [4.69, 9.17) is 0 Å². The summed E-state index contributed by atoms with van der Waals surface area (Å²) in [6.45, 7) is 2.84. The summed E-state index contributed by atoms with van der Waals surface area (Å²) in [6, 6.07) is 9.84. The van der Waals surface area contributed by atoms with Gasteiger partial charge in [-0.2, -0.15) is 0 Å². The summed E-state index contributed by atoms with van der Waals surface area (Å²) in [7, 11) is 0. The quantitative estimate of drug-likeness (QED) is 0.842. The molecule has 128 valence electrons. The number of nitrogens with zero attached hydrogens (tertiary/aromatic N) is 1. The second kappa shape index (κ2) is 8.49. The summed E-state index contributed by atoms with van der Waals surface area (Å²) in [5.74, 6) is -2.36. The van der Waals surface area contributed by atoms with Crippen molar-refractivity contribution in [1.82, 2.24) is 10.2 Å². The number of hydrogen-bond donors (Lipinski definition) is 1.